The Bertz CT molecular complexity index is 519. The zero-order valence-electron chi connectivity index (χ0n) is 10.7. The molecule has 18 heavy (non-hydrogen) atoms. The van der Waals surface area contributed by atoms with Gasteiger partial charge in [0.05, 0.1) is 17.9 Å². The van der Waals surface area contributed by atoms with Crippen molar-refractivity contribution in [1.82, 2.24) is 9.97 Å². The average Bonchev–Trinajstić information content (AvgIpc) is 2.77. The van der Waals surface area contributed by atoms with Gasteiger partial charge in [-0.25, -0.2) is 4.98 Å². The van der Waals surface area contributed by atoms with Crippen LogP contribution in [0.15, 0.2) is 34.9 Å². The highest BCUT2D eigenvalue weighted by molar-refractivity contribution is 9.10. The van der Waals surface area contributed by atoms with Crippen LogP contribution in [0.3, 0.4) is 0 Å². The third kappa shape index (κ3) is 3.21. The number of nitrogens with zero attached hydrogens (tertiary/aromatic N) is 1. The third-order valence-electron chi connectivity index (χ3n) is 2.81. The number of H-pyrrole nitrogens is 1. The number of hydrogen-bond donors (Lipinski definition) is 2. The van der Waals surface area contributed by atoms with Crippen LogP contribution in [0.25, 0.3) is 11.3 Å². The second kappa shape index (κ2) is 5.67. The van der Waals surface area contributed by atoms with Crippen LogP contribution in [-0.2, 0) is 0 Å². The highest BCUT2D eigenvalue weighted by Crippen LogP contribution is 2.23. The van der Waals surface area contributed by atoms with Gasteiger partial charge in [0.15, 0.2) is 0 Å². The monoisotopic (exact) mass is 307 g/mol. The van der Waals surface area contributed by atoms with Gasteiger partial charge in [0.25, 0.3) is 0 Å². The first-order valence-electron chi connectivity index (χ1n) is 6.12. The number of nitrogens with one attached hydrogen (secondary N) is 1. The first kappa shape index (κ1) is 13.3. The Morgan fingerprint density at radius 3 is 2.83 bits per heavy atom. The lowest BCUT2D eigenvalue weighted by Crippen LogP contribution is -2.14. The van der Waals surface area contributed by atoms with Gasteiger partial charge in [0.2, 0.25) is 0 Å². The largest absolute Gasteiger partial charge is 0.341 e. The molecule has 0 saturated carbocycles. The van der Waals surface area contributed by atoms with E-state index in [9.17, 15) is 0 Å². The SMILES string of the molecule is CC(C)CC(N)c1ncc(-c2cccc(Br)c2)[nH]1. The summed E-state index contributed by atoms with van der Waals surface area (Å²) in [6, 6.07) is 8.10. The van der Waals surface area contributed by atoms with E-state index in [1.807, 2.05) is 18.3 Å². The molecule has 0 fully saturated rings. The molecule has 0 aliphatic carbocycles. The van der Waals surface area contributed by atoms with Crippen LogP contribution in [0.2, 0.25) is 0 Å². The number of imidazole rings is 1. The zero-order valence-corrected chi connectivity index (χ0v) is 12.2. The number of aromatic nitrogens is 2. The summed E-state index contributed by atoms with van der Waals surface area (Å²) in [5, 5.41) is 0. The van der Waals surface area contributed by atoms with Crippen molar-refractivity contribution in [1.29, 1.82) is 0 Å². The predicted molar refractivity (Wildman–Crippen MR) is 78.1 cm³/mol. The molecule has 1 aromatic heterocycles. The molecule has 1 aromatic carbocycles. The molecule has 0 aliphatic heterocycles. The Labute approximate surface area is 116 Å². The Balaban J connectivity index is 2.20. The van der Waals surface area contributed by atoms with E-state index < -0.39 is 0 Å². The van der Waals surface area contributed by atoms with Crippen molar-refractivity contribution in [2.45, 2.75) is 26.3 Å². The summed E-state index contributed by atoms with van der Waals surface area (Å²) in [5.41, 5.74) is 8.23. The number of halogens is 1. The highest BCUT2D eigenvalue weighted by Gasteiger charge is 2.12. The molecule has 2 aromatic rings. The van der Waals surface area contributed by atoms with Crippen molar-refractivity contribution < 1.29 is 0 Å². The van der Waals surface area contributed by atoms with Crippen LogP contribution in [0.5, 0.6) is 0 Å². The Kier molecular flexibility index (Phi) is 4.19. The van der Waals surface area contributed by atoms with E-state index in [0.717, 1.165) is 28.0 Å². The standard InChI is InChI=1S/C14H18BrN3/c1-9(2)6-12(16)14-17-8-13(18-14)10-4-3-5-11(15)7-10/h3-5,7-9,12H,6,16H2,1-2H3,(H,17,18). The molecule has 96 valence electrons. The lowest BCUT2D eigenvalue weighted by Gasteiger charge is -2.11. The van der Waals surface area contributed by atoms with Crippen LogP contribution in [-0.4, -0.2) is 9.97 Å². The van der Waals surface area contributed by atoms with E-state index in [4.69, 9.17) is 5.73 Å². The fraction of sp³-hybridized carbons (Fsp3) is 0.357. The van der Waals surface area contributed by atoms with Gasteiger partial charge in [-0.05, 0) is 24.5 Å². The van der Waals surface area contributed by atoms with E-state index in [2.05, 4.69) is 51.9 Å². The fourth-order valence-electron chi connectivity index (χ4n) is 1.95. The van der Waals surface area contributed by atoms with Gasteiger partial charge in [0, 0.05) is 10.0 Å². The van der Waals surface area contributed by atoms with E-state index in [-0.39, 0.29) is 6.04 Å². The maximum absolute atomic E-state index is 6.11. The van der Waals surface area contributed by atoms with Crippen molar-refractivity contribution in [3.05, 3.63) is 40.8 Å². The van der Waals surface area contributed by atoms with Crippen molar-refractivity contribution in [3.8, 4) is 11.3 Å². The Hall–Kier alpha value is -1.13. The maximum Gasteiger partial charge on any atom is 0.123 e. The second-order valence-corrected chi connectivity index (χ2v) is 5.84. The summed E-state index contributed by atoms with van der Waals surface area (Å²) in [5.74, 6) is 1.43. The minimum absolute atomic E-state index is 0.0223. The van der Waals surface area contributed by atoms with Crippen LogP contribution in [0.1, 0.15) is 32.1 Å². The first-order chi connectivity index (χ1) is 8.56. The summed E-state index contributed by atoms with van der Waals surface area (Å²) in [6.07, 6.45) is 2.78. The zero-order chi connectivity index (χ0) is 13.1. The fourth-order valence-corrected chi connectivity index (χ4v) is 2.35. The Morgan fingerprint density at radius 1 is 1.39 bits per heavy atom. The van der Waals surface area contributed by atoms with Gasteiger partial charge in [-0.15, -0.1) is 0 Å². The lowest BCUT2D eigenvalue weighted by atomic mass is 10.0. The summed E-state index contributed by atoms with van der Waals surface area (Å²) in [7, 11) is 0. The van der Waals surface area contributed by atoms with E-state index >= 15 is 0 Å². The normalized spacial score (nSPS) is 12.9. The third-order valence-corrected chi connectivity index (χ3v) is 3.30. The van der Waals surface area contributed by atoms with Crippen molar-refractivity contribution in [2.75, 3.05) is 0 Å². The molecule has 0 saturated heterocycles. The predicted octanol–water partition coefficient (Wildman–Crippen LogP) is 3.89. The van der Waals surface area contributed by atoms with E-state index in [1.54, 1.807) is 0 Å². The summed E-state index contributed by atoms with van der Waals surface area (Å²) in [4.78, 5) is 7.68. The highest BCUT2D eigenvalue weighted by atomic mass is 79.9. The molecule has 4 heteroatoms. The lowest BCUT2D eigenvalue weighted by molar-refractivity contribution is 0.496. The minimum Gasteiger partial charge on any atom is -0.341 e. The van der Waals surface area contributed by atoms with Crippen molar-refractivity contribution in [3.63, 3.8) is 0 Å². The van der Waals surface area contributed by atoms with Gasteiger partial charge in [0.1, 0.15) is 5.82 Å². The van der Waals surface area contributed by atoms with Gasteiger partial charge in [-0.3, -0.25) is 0 Å². The molecule has 0 radical (unpaired) electrons. The van der Waals surface area contributed by atoms with Crippen LogP contribution in [0, 0.1) is 5.92 Å². The minimum atomic E-state index is -0.0223. The van der Waals surface area contributed by atoms with Gasteiger partial charge in [-0.1, -0.05) is 41.9 Å². The average molecular weight is 308 g/mol. The number of nitrogens with two attached hydrogens (primary N) is 1. The number of aromatic amines is 1. The molecule has 2 rings (SSSR count). The van der Waals surface area contributed by atoms with E-state index in [0.29, 0.717) is 5.92 Å². The molecule has 0 aliphatic rings. The molecule has 1 atom stereocenters. The molecular formula is C14H18BrN3. The molecule has 3 nitrogen and oxygen atoms in total. The topological polar surface area (TPSA) is 54.7 Å². The van der Waals surface area contributed by atoms with Crippen LogP contribution in [0.4, 0.5) is 0 Å². The quantitative estimate of drug-likeness (QED) is 0.900. The molecule has 1 unspecified atom stereocenters. The first-order valence-corrected chi connectivity index (χ1v) is 6.92. The van der Waals surface area contributed by atoms with Gasteiger partial charge < -0.3 is 10.7 Å². The summed E-state index contributed by atoms with van der Waals surface area (Å²) < 4.78 is 1.06. The van der Waals surface area contributed by atoms with Crippen molar-refractivity contribution in [2.24, 2.45) is 11.7 Å². The molecular weight excluding hydrogens is 290 g/mol. The summed E-state index contributed by atoms with van der Waals surface area (Å²) >= 11 is 3.47. The summed E-state index contributed by atoms with van der Waals surface area (Å²) in [6.45, 7) is 4.33. The smallest absolute Gasteiger partial charge is 0.123 e. The van der Waals surface area contributed by atoms with Gasteiger partial charge in [-0.2, -0.15) is 0 Å². The Morgan fingerprint density at radius 2 is 2.17 bits per heavy atom. The molecule has 3 N–H and O–H groups in total. The van der Waals surface area contributed by atoms with Crippen molar-refractivity contribution >= 4 is 15.9 Å². The number of hydrogen-bond acceptors (Lipinski definition) is 2. The molecule has 1 heterocycles. The van der Waals surface area contributed by atoms with E-state index in [1.165, 1.54) is 0 Å². The second-order valence-electron chi connectivity index (χ2n) is 4.93. The van der Waals surface area contributed by atoms with Gasteiger partial charge >= 0.3 is 0 Å². The molecule has 0 bridgehead atoms. The van der Waals surface area contributed by atoms with Crippen LogP contribution >= 0.6 is 15.9 Å². The van der Waals surface area contributed by atoms with Crippen LogP contribution < -0.4 is 5.73 Å². The maximum atomic E-state index is 6.11. The molecule has 0 amide bonds. The number of rotatable bonds is 4. The number of benzene rings is 1. The molecule has 0 spiro atoms.